The largest absolute Gasteiger partial charge is 0.489 e. The molecule has 5 nitrogen and oxygen atoms in total. The van der Waals surface area contributed by atoms with Gasteiger partial charge in [0.25, 0.3) is 0 Å². The molecule has 0 radical (unpaired) electrons. The zero-order chi connectivity index (χ0) is 18.2. The van der Waals surface area contributed by atoms with Crippen LogP contribution in [0.25, 0.3) is 0 Å². The van der Waals surface area contributed by atoms with Gasteiger partial charge in [0, 0.05) is 23.6 Å². The lowest BCUT2D eigenvalue weighted by Crippen LogP contribution is -2.23. The molecule has 0 aromatic heterocycles. The van der Waals surface area contributed by atoms with Gasteiger partial charge >= 0.3 is 5.97 Å². The molecule has 0 aliphatic rings. The summed E-state index contributed by atoms with van der Waals surface area (Å²) < 4.78 is 5.86. The molecule has 0 aliphatic carbocycles. The first-order chi connectivity index (χ1) is 11.9. The standard InChI is InChI=1S/C19H20ClNO4/c1-13-3-2-4-14(9-13)12-25-17-6-5-16(20)10-15(17)11-21-18(22)7-8-19(23)24/h2-6,9-10H,7-8,11-12H2,1H3,(H,21,22)(H,23,24). The molecule has 0 fully saturated rings. The molecule has 0 saturated carbocycles. The molecule has 2 aromatic rings. The maximum absolute atomic E-state index is 11.7. The molecule has 132 valence electrons. The Morgan fingerprint density at radius 3 is 2.68 bits per heavy atom. The minimum Gasteiger partial charge on any atom is -0.489 e. The minimum absolute atomic E-state index is 0.0601. The van der Waals surface area contributed by atoms with Crippen molar-refractivity contribution in [1.82, 2.24) is 5.32 Å². The first kappa shape index (κ1) is 18.8. The molecule has 2 aromatic carbocycles. The number of aliphatic carboxylic acids is 1. The van der Waals surface area contributed by atoms with Crippen LogP contribution in [0.15, 0.2) is 42.5 Å². The predicted molar refractivity (Wildman–Crippen MR) is 95.7 cm³/mol. The van der Waals surface area contributed by atoms with Gasteiger partial charge in [0.15, 0.2) is 0 Å². The Bertz CT molecular complexity index is 761. The van der Waals surface area contributed by atoms with Crippen LogP contribution < -0.4 is 10.1 Å². The Labute approximate surface area is 151 Å². The van der Waals surface area contributed by atoms with E-state index in [1.807, 2.05) is 31.2 Å². The number of nitrogens with one attached hydrogen (secondary N) is 1. The number of hydrogen-bond acceptors (Lipinski definition) is 3. The lowest BCUT2D eigenvalue weighted by Gasteiger charge is -2.13. The molecule has 2 N–H and O–H groups in total. The van der Waals surface area contributed by atoms with Gasteiger partial charge in [0.1, 0.15) is 12.4 Å². The van der Waals surface area contributed by atoms with Gasteiger partial charge in [-0.3, -0.25) is 9.59 Å². The number of aryl methyl sites for hydroxylation is 1. The quantitative estimate of drug-likeness (QED) is 0.751. The number of halogens is 1. The number of hydrogen-bond donors (Lipinski definition) is 2. The summed E-state index contributed by atoms with van der Waals surface area (Å²) in [5, 5.41) is 11.8. The molecule has 0 aliphatic heterocycles. The molecule has 1 amide bonds. The molecule has 2 rings (SSSR count). The van der Waals surface area contributed by atoms with Gasteiger partial charge < -0.3 is 15.2 Å². The zero-order valence-electron chi connectivity index (χ0n) is 13.9. The van der Waals surface area contributed by atoms with E-state index in [9.17, 15) is 9.59 Å². The highest BCUT2D eigenvalue weighted by Crippen LogP contribution is 2.24. The number of amides is 1. The van der Waals surface area contributed by atoms with E-state index in [2.05, 4.69) is 5.32 Å². The number of rotatable bonds is 8. The summed E-state index contributed by atoms with van der Waals surface area (Å²) in [5.41, 5.74) is 2.94. The summed E-state index contributed by atoms with van der Waals surface area (Å²) in [5.74, 6) is -0.698. The fraction of sp³-hybridized carbons (Fsp3) is 0.263. The van der Waals surface area contributed by atoms with Crippen LogP contribution in [0.2, 0.25) is 5.02 Å². The first-order valence-electron chi connectivity index (χ1n) is 7.89. The Morgan fingerprint density at radius 1 is 1.16 bits per heavy atom. The number of ether oxygens (including phenoxy) is 1. The SMILES string of the molecule is Cc1cccc(COc2ccc(Cl)cc2CNC(=O)CCC(=O)O)c1. The molecule has 0 atom stereocenters. The van der Waals surface area contributed by atoms with E-state index in [1.54, 1.807) is 18.2 Å². The van der Waals surface area contributed by atoms with Gasteiger partial charge in [-0.05, 0) is 30.7 Å². The average molecular weight is 362 g/mol. The number of carboxylic acid groups (broad SMARTS) is 1. The maximum atomic E-state index is 11.7. The normalized spacial score (nSPS) is 10.3. The van der Waals surface area contributed by atoms with Crippen LogP contribution in [0.3, 0.4) is 0 Å². The molecule has 25 heavy (non-hydrogen) atoms. The average Bonchev–Trinajstić information content (AvgIpc) is 2.57. The maximum Gasteiger partial charge on any atom is 0.303 e. The van der Waals surface area contributed by atoms with Crippen LogP contribution in [0.5, 0.6) is 5.75 Å². The van der Waals surface area contributed by atoms with Crippen molar-refractivity contribution in [2.24, 2.45) is 0 Å². The van der Waals surface area contributed by atoms with Crippen molar-refractivity contribution < 1.29 is 19.4 Å². The van der Waals surface area contributed by atoms with Gasteiger partial charge in [-0.25, -0.2) is 0 Å². The lowest BCUT2D eigenvalue weighted by atomic mass is 10.1. The summed E-state index contributed by atoms with van der Waals surface area (Å²) in [6.07, 6.45) is -0.256. The van der Waals surface area contributed by atoms with Crippen molar-refractivity contribution >= 4 is 23.5 Å². The minimum atomic E-state index is -1.000. The zero-order valence-corrected chi connectivity index (χ0v) is 14.7. The second-order valence-electron chi connectivity index (χ2n) is 5.70. The van der Waals surface area contributed by atoms with Gasteiger partial charge in [-0.15, -0.1) is 0 Å². The van der Waals surface area contributed by atoms with Gasteiger partial charge in [0.05, 0.1) is 6.42 Å². The smallest absolute Gasteiger partial charge is 0.303 e. The topological polar surface area (TPSA) is 75.6 Å². The van der Waals surface area contributed by atoms with Gasteiger partial charge in [-0.2, -0.15) is 0 Å². The second-order valence-corrected chi connectivity index (χ2v) is 6.14. The summed E-state index contributed by atoms with van der Waals surface area (Å²) in [6.45, 7) is 2.65. The third kappa shape index (κ3) is 6.47. The fourth-order valence-electron chi connectivity index (χ4n) is 2.29. The lowest BCUT2D eigenvalue weighted by molar-refractivity contribution is -0.138. The number of benzene rings is 2. The molecule has 0 heterocycles. The van der Waals surface area contributed by atoms with E-state index in [0.717, 1.165) is 16.7 Å². The van der Waals surface area contributed by atoms with Crippen molar-refractivity contribution in [3.63, 3.8) is 0 Å². The Hall–Kier alpha value is -2.53. The van der Waals surface area contributed by atoms with Crippen LogP contribution in [0, 0.1) is 6.92 Å². The summed E-state index contributed by atoms with van der Waals surface area (Å²) >= 11 is 6.03. The molecule has 0 unspecified atom stereocenters. The van der Waals surface area contributed by atoms with E-state index in [-0.39, 0.29) is 25.3 Å². The van der Waals surface area contributed by atoms with E-state index in [4.69, 9.17) is 21.4 Å². The van der Waals surface area contributed by atoms with E-state index in [1.165, 1.54) is 0 Å². The molecular formula is C19H20ClNO4. The summed E-state index contributed by atoms with van der Waals surface area (Å²) in [4.78, 5) is 22.2. The van der Waals surface area contributed by atoms with Gasteiger partial charge in [-0.1, -0.05) is 41.4 Å². The van der Waals surface area contributed by atoms with E-state index in [0.29, 0.717) is 17.4 Å². The highest BCUT2D eigenvalue weighted by molar-refractivity contribution is 6.30. The summed E-state index contributed by atoms with van der Waals surface area (Å²) in [6, 6.07) is 13.2. The molecule has 0 saturated heterocycles. The van der Waals surface area contributed by atoms with Crippen LogP contribution in [0.1, 0.15) is 29.5 Å². The van der Waals surface area contributed by atoms with E-state index >= 15 is 0 Å². The highest BCUT2D eigenvalue weighted by Gasteiger charge is 2.09. The van der Waals surface area contributed by atoms with E-state index < -0.39 is 5.97 Å². The monoisotopic (exact) mass is 361 g/mol. The molecule has 6 heteroatoms. The number of carboxylic acids is 1. The number of carbonyl (C=O) groups excluding carboxylic acids is 1. The van der Waals surface area contributed by atoms with Crippen LogP contribution in [0.4, 0.5) is 0 Å². The second kappa shape index (κ2) is 9.08. The number of carbonyl (C=O) groups is 2. The third-order valence-corrected chi connectivity index (χ3v) is 3.78. The Morgan fingerprint density at radius 2 is 1.96 bits per heavy atom. The van der Waals surface area contributed by atoms with Crippen molar-refractivity contribution in [3.8, 4) is 5.75 Å². The van der Waals surface area contributed by atoms with Crippen molar-refractivity contribution in [2.45, 2.75) is 32.9 Å². The Kier molecular flexibility index (Phi) is 6.83. The van der Waals surface area contributed by atoms with Crippen LogP contribution >= 0.6 is 11.6 Å². The third-order valence-electron chi connectivity index (χ3n) is 3.54. The highest BCUT2D eigenvalue weighted by atomic mass is 35.5. The molecule has 0 spiro atoms. The predicted octanol–water partition coefficient (Wildman–Crippen LogP) is 3.71. The molecular weight excluding hydrogens is 342 g/mol. The van der Waals surface area contributed by atoms with Gasteiger partial charge in [0.2, 0.25) is 5.91 Å². The van der Waals surface area contributed by atoms with Crippen LogP contribution in [-0.4, -0.2) is 17.0 Å². The van der Waals surface area contributed by atoms with Crippen molar-refractivity contribution in [3.05, 3.63) is 64.2 Å². The Balaban J connectivity index is 1.99. The first-order valence-corrected chi connectivity index (χ1v) is 8.27. The van der Waals surface area contributed by atoms with Crippen molar-refractivity contribution in [2.75, 3.05) is 0 Å². The fourth-order valence-corrected chi connectivity index (χ4v) is 2.49. The van der Waals surface area contributed by atoms with Crippen molar-refractivity contribution in [1.29, 1.82) is 0 Å². The van der Waals surface area contributed by atoms with Crippen LogP contribution in [-0.2, 0) is 22.7 Å². The summed E-state index contributed by atoms with van der Waals surface area (Å²) in [7, 11) is 0. The molecule has 0 bridgehead atoms.